The number of aryl methyl sites for hydroxylation is 2. The molecule has 0 aliphatic carbocycles. The Bertz CT molecular complexity index is 724. The molecule has 1 fully saturated rings. The van der Waals surface area contributed by atoms with Crippen LogP contribution in [-0.2, 0) is 21.4 Å². The minimum atomic E-state index is -0.204. The summed E-state index contributed by atoms with van der Waals surface area (Å²) in [7, 11) is 3.50. The monoisotopic (exact) mass is 347 g/mol. The summed E-state index contributed by atoms with van der Waals surface area (Å²) < 4.78 is 7.81. The van der Waals surface area contributed by atoms with Crippen LogP contribution in [0.5, 0.6) is 0 Å². The van der Waals surface area contributed by atoms with Gasteiger partial charge in [-0.05, 0) is 20.3 Å². The van der Waals surface area contributed by atoms with Crippen LogP contribution in [0.25, 0.3) is 0 Å². The van der Waals surface area contributed by atoms with Crippen molar-refractivity contribution in [2.75, 3.05) is 20.2 Å². The molecule has 0 aromatic carbocycles. The summed E-state index contributed by atoms with van der Waals surface area (Å²) in [5.74, 6) is -0.0675. The fourth-order valence-corrected chi connectivity index (χ4v) is 3.52. The van der Waals surface area contributed by atoms with Crippen molar-refractivity contribution < 1.29 is 14.3 Å². The van der Waals surface area contributed by atoms with Gasteiger partial charge in [0.2, 0.25) is 5.91 Å². The maximum absolute atomic E-state index is 12.4. The number of nitrogens with one attached hydrogen (secondary N) is 1. The maximum atomic E-state index is 12.4. The van der Waals surface area contributed by atoms with E-state index in [0.717, 1.165) is 23.4 Å². The summed E-state index contributed by atoms with van der Waals surface area (Å²) >= 11 is 0. The van der Waals surface area contributed by atoms with Crippen molar-refractivity contribution in [2.24, 2.45) is 18.1 Å². The molecule has 2 aliphatic heterocycles. The van der Waals surface area contributed by atoms with Crippen molar-refractivity contribution in [1.29, 1.82) is 0 Å². The van der Waals surface area contributed by atoms with Gasteiger partial charge >= 0.3 is 0 Å². The molecule has 0 saturated carbocycles. The molecule has 8 heteroatoms. The molecule has 0 radical (unpaired) electrons. The van der Waals surface area contributed by atoms with Crippen molar-refractivity contribution in [1.82, 2.24) is 20.1 Å². The van der Waals surface area contributed by atoms with Gasteiger partial charge in [-0.3, -0.25) is 14.3 Å². The Kier molecular flexibility index (Phi) is 4.89. The fraction of sp³-hybridized carbons (Fsp3) is 0.647. The lowest BCUT2D eigenvalue weighted by atomic mass is 9.94. The Morgan fingerprint density at radius 3 is 2.72 bits per heavy atom. The Morgan fingerprint density at radius 1 is 1.32 bits per heavy atom. The molecule has 25 heavy (non-hydrogen) atoms. The predicted molar refractivity (Wildman–Crippen MR) is 91.9 cm³/mol. The third-order valence-electron chi connectivity index (χ3n) is 5.06. The minimum Gasteiger partial charge on any atom is -0.373 e. The van der Waals surface area contributed by atoms with Crippen LogP contribution in [0.4, 0.5) is 0 Å². The number of carbonyl (C=O) groups is 2. The third kappa shape index (κ3) is 3.44. The van der Waals surface area contributed by atoms with E-state index in [1.807, 2.05) is 25.6 Å². The molecule has 0 bridgehead atoms. The molecule has 0 spiro atoms. The highest BCUT2D eigenvalue weighted by Crippen LogP contribution is 2.37. The molecule has 1 saturated heterocycles. The maximum Gasteiger partial charge on any atom is 0.267 e. The van der Waals surface area contributed by atoms with Gasteiger partial charge in [-0.25, -0.2) is 5.01 Å². The lowest BCUT2D eigenvalue weighted by molar-refractivity contribution is -0.130. The van der Waals surface area contributed by atoms with Crippen LogP contribution in [0.15, 0.2) is 5.10 Å². The molecule has 3 rings (SSSR count). The van der Waals surface area contributed by atoms with Crippen LogP contribution in [0, 0.1) is 19.8 Å². The Balaban J connectivity index is 1.65. The van der Waals surface area contributed by atoms with Gasteiger partial charge in [0, 0.05) is 57.3 Å². The van der Waals surface area contributed by atoms with Crippen molar-refractivity contribution in [3.63, 3.8) is 0 Å². The first-order valence-corrected chi connectivity index (χ1v) is 8.62. The van der Waals surface area contributed by atoms with E-state index in [1.54, 1.807) is 7.05 Å². The van der Waals surface area contributed by atoms with Crippen molar-refractivity contribution in [3.8, 4) is 0 Å². The van der Waals surface area contributed by atoms with Gasteiger partial charge in [-0.2, -0.15) is 10.2 Å². The van der Waals surface area contributed by atoms with E-state index < -0.39 is 0 Å². The van der Waals surface area contributed by atoms with Gasteiger partial charge in [0.25, 0.3) is 5.91 Å². The van der Waals surface area contributed by atoms with E-state index in [1.165, 1.54) is 5.01 Å². The topological polar surface area (TPSA) is 88.8 Å². The number of hydrogen-bond acceptors (Lipinski definition) is 5. The third-order valence-corrected chi connectivity index (χ3v) is 5.06. The number of nitrogens with zero attached hydrogens (tertiary/aromatic N) is 4. The normalized spacial score (nSPS) is 23.8. The number of rotatable bonds is 4. The number of aromatic nitrogens is 2. The number of hydrazone groups is 1. The second-order valence-corrected chi connectivity index (χ2v) is 6.72. The smallest absolute Gasteiger partial charge is 0.267 e. The first kappa shape index (κ1) is 17.6. The van der Waals surface area contributed by atoms with Gasteiger partial charge in [0.1, 0.15) is 5.71 Å². The minimum absolute atomic E-state index is 0.0495. The first-order chi connectivity index (χ1) is 11.9. The molecular formula is C17H25N5O3. The molecule has 1 aromatic rings. The molecule has 136 valence electrons. The summed E-state index contributed by atoms with van der Waals surface area (Å²) in [5, 5.41) is 12.7. The lowest BCUT2D eigenvalue weighted by Gasteiger charge is -2.22. The summed E-state index contributed by atoms with van der Waals surface area (Å²) in [4.78, 5) is 23.8. The molecule has 2 amide bonds. The standard InChI is InChI=1S/C17H25N5O3/c1-10-15(11(2)21(3)19-10)16-12(7-8-25-16)9-18-17(24)13-5-6-14(23)22(4)20-13/h12,16H,5-9H2,1-4H3,(H,18,24)/t12-,16+/m1/s1. The number of amides is 2. The predicted octanol–water partition coefficient (Wildman–Crippen LogP) is 0.839. The molecule has 3 heterocycles. The zero-order valence-corrected chi connectivity index (χ0v) is 15.2. The molecule has 1 aromatic heterocycles. The zero-order valence-electron chi connectivity index (χ0n) is 15.2. The summed E-state index contributed by atoms with van der Waals surface area (Å²) in [6.45, 7) is 5.23. The molecule has 8 nitrogen and oxygen atoms in total. The van der Waals surface area contributed by atoms with Crippen LogP contribution in [0.1, 0.15) is 42.3 Å². The number of hydrogen-bond donors (Lipinski definition) is 1. The van der Waals surface area contributed by atoms with Crippen LogP contribution >= 0.6 is 0 Å². The van der Waals surface area contributed by atoms with Crippen molar-refractivity contribution >= 4 is 17.5 Å². The second kappa shape index (κ2) is 6.95. The van der Waals surface area contributed by atoms with Crippen LogP contribution < -0.4 is 5.32 Å². The van der Waals surface area contributed by atoms with Crippen LogP contribution in [0.2, 0.25) is 0 Å². The fourth-order valence-electron chi connectivity index (χ4n) is 3.52. The van der Waals surface area contributed by atoms with Crippen molar-refractivity contribution in [2.45, 2.75) is 39.2 Å². The summed E-state index contributed by atoms with van der Waals surface area (Å²) in [6.07, 6.45) is 1.56. The Hall–Kier alpha value is -2.22. The van der Waals surface area contributed by atoms with E-state index in [4.69, 9.17) is 4.74 Å². The summed E-state index contributed by atoms with van der Waals surface area (Å²) in [6, 6.07) is 0. The highest BCUT2D eigenvalue weighted by molar-refractivity contribution is 6.39. The molecular weight excluding hydrogens is 322 g/mol. The van der Waals surface area contributed by atoms with Gasteiger partial charge in [-0.1, -0.05) is 0 Å². The second-order valence-electron chi connectivity index (χ2n) is 6.72. The van der Waals surface area contributed by atoms with Gasteiger partial charge in [0.15, 0.2) is 0 Å². The molecule has 2 atom stereocenters. The van der Waals surface area contributed by atoms with E-state index in [-0.39, 0.29) is 23.8 Å². The average Bonchev–Trinajstić information content (AvgIpc) is 3.12. The van der Waals surface area contributed by atoms with Gasteiger partial charge in [-0.15, -0.1) is 0 Å². The Labute approximate surface area is 147 Å². The number of carbonyl (C=O) groups excluding carboxylic acids is 2. The largest absolute Gasteiger partial charge is 0.373 e. The molecule has 1 N–H and O–H groups in total. The highest BCUT2D eigenvalue weighted by atomic mass is 16.5. The van der Waals surface area contributed by atoms with Crippen LogP contribution in [0.3, 0.4) is 0 Å². The SMILES string of the molecule is Cc1nn(C)c(C)c1[C@H]1OCC[C@@H]1CNC(=O)C1=NN(C)C(=O)CC1. The highest BCUT2D eigenvalue weighted by Gasteiger charge is 2.34. The summed E-state index contributed by atoms with van der Waals surface area (Å²) in [5.41, 5.74) is 3.60. The van der Waals surface area contributed by atoms with E-state index in [9.17, 15) is 9.59 Å². The Morgan fingerprint density at radius 2 is 2.08 bits per heavy atom. The van der Waals surface area contributed by atoms with Crippen molar-refractivity contribution in [3.05, 3.63) is 17.0 Å². The van der Waals surface area contributed by atoms with E-state index in [0.29, 0.717) is 31.7 Å². The average molecular weight is 347 g/mol. The molecule has 2 aliphatic rings. The van der Waals surface area contributed by atoms with E-state index >= 15 is 0 Å². The first-order valence-electron chi connectivity index (χ1n) is 8.62. The van der Waals surface area contributed by atoms with E-state index in [2.05, 4.69) is 15.5 Å². The zero-order chi connectivity index (χ0) is 18.1. The molecule has 0 unspecified atom stereocenters. The van der Waals surface area contributed by atoms with Gasteiger partial charge < -0.3 is 10.1 Å². The van der Waals surface area contributed by atoms with Crippen LogP contribution in [-0.4, -0.2) is 52.5 Å². The van der Waals surface area contributed by atoms with Gasteiger partial charge in [0.05, 0.1) is 11.8 Å². The number of ether oxygens (including phenoxy) is 1. The quantitative estimate of drug-likeness (QED) is 0.874. The lowest BCUT2D eigenvalue weighted by Crippen LogP contribution is -2.39.